The maximum Gasteiger partial charge on any atom is 0.0701 e. The van der Waals surface area contributed by atoms with E-state index in [1.807, 2.05) is 0 Å². The third-order valence-electron chi connectivity index (χ3n) is 1.53. The molecule has 0 atom stereocenters. The molecule has 0 aliphatic carbocycles. The summed E-state index contributed by atoms with van der Waals surface area (Å²) < 4.78 is 11.6. The molecule has 0 rings (SSSR count). The highest BCUT2D eigenvalue weighted by Gasteiger charge is 1.89. The van der Waals surface area contributed by atoms with Crippen LogP contribution in [0.25, 0.3) is 0 Å². The van der Waals surface area contributed by atoms with Crippen molar-refractivity contribution in [2.75, 3.05) is 37.5 Å². The van der Waals surface area contributed by atoms with Crippen molar-refractivity contribution in [3.05, 3.63) is 0 Å². The molecule has 0 amide bonds. The molecule has 0 saturated carbocycles. The summed E-state index contributed by atoms with van der Waals surface area (Å²) >= 11 is 2.28. The lowest BCUT2D eigenvalue weighted by atomic mass is 10.4. The topological polar surface area (TPSA) is 30.5 Å². The Kier molecular flexibility index (Phi) is 13.2. The molecule has 13 heavy (non-hydrogen) atoms. The summed E-state index contributed by atoms with van der Waals surface area (Å²) in [6.45, 7) is 6.18. The minimum absolute atomic E-state index is 0.715. The molecule has 0 fully saturated rings. The molecule has 0 radical (unpaired) electrons. The first kappa shape index (κ1) is 13.6. The average Bonchev–Trinajstić information content (AvgIpc) is 2.16. The highest BCUT2D eigenvalue weighted by Crippen LogP contribution is 1.87. The predicted molar refractivity (Wildman–Crippen MR) is 63.4 cm³/mol. The van der Waals surface area contributed by atoms with Gasteiger partial charge in [-0.3, -0.25) is 0 Å². The number of unbranched alkanes of at least 4 members (excludes halogenated alkanes) is 1. The van der Waals surface area contributed by atoms with Gasteiger partial charge in [0.1, 0.15) is 0 Å². The minimum atomic E-state index is 0.715. The molecule has 0 aromatic rings. The zero-order valence-corrected chi connectivity index (χ0v) is 10.5. The molecule has 0 saturated heterocycles. The molecular weight excluding hydrogens is 281 g/mol. The van der Waals surface area contributed by atoms with E-state index in [2.05, 4.69) is 34.8 Å². The van der Waals surface area contributed by atoms with Gasteiger partial charge in [0, 0.05) is 17.7 Å². The van der Waals surface area contributed by atoms with E-state index >= 15 is 0 Å². The van der Waals surface area contributed by atoms with E-state index in [9.17, 15) is 0 Å². The van der Waals surface area contributed by atoms with Crippen molar-refractivity contribution in [2.24, 2.45) is 0 Å². The standard InChI is InChI=1S/C9H20INO2/c1-2-3-5-12-7-8-13-6-4-11-9-10/h11H,2-9H2,1H3. The summed E-state index contributed by atoms with van der Waals surface area (Å²) in [5, 5.41) is 3.18. The van der Waals surface area contributed by atoms with Gasteiger partial charge in [-0.2, -0.15) is 0 Å². The van der Waals surface area contributed by atoms with Crippen molar-refractivity contribution in [2.45, 2.75) is 19.8 Å². The average molecular weight is 301 g/mol. The monoisotopic (exact) mass is 301 g/mol. The Bertz CT molecular complexity index is 83.7. The lowest BCUT2D eigenvalue weighted by molar-refractivity contribution is 0.0482. The van der Waals surface area contributed by atoms with Gasteiger partial charge in [0.25, 0.3) is 0 Å². The maximum absolute atomic E-state index is 5.33. The van der Waals surface area contributed by atoms with E-state index < -0.39 is 0 Å². The van der Waals surface area contributed by atoms with Crippen LogP contribution in [0.4, 0.5) is 0 Å². The van der Waals surface area contributed by atoms with Crippen molar-refractivity contribution >= 4 is 22.6 Å². The molecule has 0 aromatic carbocycles. The summed E-state index contributed by atoms with van der Waals surface area (Å²) in [5.74, 6) is 0. The Morgan fingerprint density at radius 2 is 1.77 bits per heavy atom. The Hall–Kier alpha value is 0.610. The summed E-state index contributed by atoms with van der Waals surface area (Å²) in [4.78, 5) is 0. The Morgan fingerprint density at radius 3 is 2.38 bits per heavy atom. The second kappa shape index (κ2) is 12.6. The molecule has 1 N–H and O–H groups in total. The van der Waals surface area contributed by atoms with Gasteiger partial charge in [-0.15, -0.1) is 0 Å². The fourth-order valence-corrected chi connectivity index (χ4v) is 1.16. The van der Waals surface area contributed by atoms with Gasteiger partial charge in [-0.25, -0.2) is 0 Å². The van der Waals surface area contributed by atoms with Crippen LogP contribution in [0.15, 0.2) is 0 Å². The van der Waals surface area contributed by atoms with Crippen LogP contribution in [-0.2, 0) is 9.47 Å². The normalized spacial score (nSPS) is 10.6. The second-order valence-corrected chi connectivity index (χ2v) is 3.47. The third kappa shape index (κ3) is 12.6. The smallest absolute Gasteiger partial charge is 0.0701 e. The quantitative estimate of drug-likeness (QED) is 0.289. The molecule has 80 valence electrons. The van der Waals surface area contributed by atoms with Crippen LogP contribution in [0.1, 0.15) is 19.8 Å². The molecule has 0 aliphatic rings. The Labute approximate surface area is 94.7 Å². The van der Waals surface area contributed by atoms with E-state index in [0.29, 0.717) is 6.61 Å². The number of nitrogens with one attached hydrogen (secondary N) is 1. The van der Waals surface area contributed by atoms with Crippen LogP contribution in [0.5, 0.6) is 0 Å². The number of rotatable bonds is 10. The van der Waals surface area contributed by atoms with Crippen LogP contribution in [0, 0.1) is 0 Å². The van der Waals surface area contributed by atoms with E-state index in [-0.39, 0.29) is 0 Å². The third-order valence-corrected chi connectivity index (χ3v) is 2.07. The molecule has 0 aromatic heterocycles. The van der Waals surface area contributed by atoms with Crippen molar-refractivity contribution in [3.63, 3.8) is 0 Å². The molecule has 0 heterocycles. The van der Waals surface area contributed by atoms with Gasteiger partial charge in [0.05, 0.1) is 19.8 Å². The Balaban J connectivity index is 2.76. The highest BCUT2D eigenvalue weighted by molar-refractivity contribution is 14.1. The van der Waals surface area contributed by atoms with Crippen molar-refractivity contribution < 1.29 is 9.47 Å². The molecule has 4 heteroatoms. The summed E-state index contributed by atoms with van der Waals surface area (Å²) in [7, 11) is 0. The van der Waals surface area contributed by atoms with Gasteiger partial charge < -0.3 is 14.8 Å². The van der Waals surface area contributed by atoms with Crippen LogP contribution < -0.4 is 5.32 Å². The zero-order chi connectivity index (χ0) is 9.78. The lowest BCUT2D eigenvalue weighted by Gasteiger charge is -2.05. The van der Waals surface area contributed by atoms with Gasteiger partial charge in [-0.05, 0) is 6.42 Å². The van der Waals surface area contributed by atoms with Crippen molar-refractivity contribution in [1.29, 1.82) is 0 Å². The number of halogens is 1. The molecule has 0 aliphatic heterocycles. The SMILES string of the molecule is CCCCOCCOCCNCI. The largest absolute Gasteiger partial charge is 0.379 e. The lowest BCUT2D eigenvalue weighted by Crippen LogP contribution is -2.18. The second-order valence-electron chi connectivity index (χ2n) is 2.71. The van der Waals surface area contributed by atoms with Crippen molar-refractivity contribution in [1.82, 2.24) is 5.32 Å². The molecular formula is C9H20INO2. The van der Waals surface area contributed by atoms with Gasteiger partial charge >= 0.3 is 0 Å². The van der Waals surface area contributed by atoms with Crippen LogP contribution in [-0.4, -0.2) is 37.5 Å². The minimum Gasteiger partial charge on any atom is -0.379 e. The van der Waals surface area contributed by atoms with Gasteiger partial charge in [-0.1, -0.05) is 35.9 Å². The van der Waals surface area contributed by atoms with E-state index in [0.717, 1.165) is 37.3 Å². The van der Waals surface area contributed by atoms with Crippen LogP contribution in [0.3, 0.4) is 0 Å². The number of hydrogen-bond donors (Lipinski definition) is 1. The molecule has 3 nitrogen and oxygen atoms in total. The van der Waals surface area contributed by atoms with E-state index in [1.165, 1.54) is 6.42 Å². The number of alkyl halides is 1. The predicted octanol–water partition coefficient (Wildman–Crippen LogP) is 1.80. The Morgan fingerprint density at radius 1 is 1.08 bits per heavy atom. The number of hydrogen-bond acceptors (Lipinski definition) is 3. The number of ether oxygens (including phenoxy) is 2. The van der Waals surface area contributed by atoms with E-state index in [1.54, 1.807) is 0 Å². The van der Waals surface area contributed by atoms with Gasteiger partial charge in [0.15, 0.2) is 0 Å². The highest BCUT2D eigenvalue weighted by atomic mass is 127. The van der Waals surface area contributed by atoms with Gasteiger partial charge in [0.2, 0.25) is 0 Å². The summed E-state index contributed by atoms with van der Waals surface area (Å²) in [6.07, 6.45) is 2.34. The fraction of sp³-hybridized carbons (Fsp3) is 1.00. The molecule has 0 bridgehead atoms. The van der Waals surface area contributed by atoms with Crippen molar-refractivity contribution in [3.8, 4) is 0 Å². The van der Waals surface area contributed by atoms with Crippen LogP contribution in [0.2, 0.25) is 0 Å². The van der Waals surface area contributed by atoms with Crippen LogP contribution >= 0.6 is 22.6 Å². The maximum atomic E-state index is 5.33. The zero-order valence-electron chi connectivity index (χ0n) is 8.35. The molecule has 0 spiro atoms. The fourth-order valence-electron chi connectivity index (χ4n) is 0.780. The van der Waals surface area contributed by atoms with E-state index in [4.69, 9.17) is 9.47 Å². The first-order chi connectivity index (χ1) is 6.41. The first-order valence-corrected chi connectivity index (χ1v) is 6.36. The molecule has 0 unspecified atom stereocenters. The summed E-state index contributed by atoms with van der Waals surface area (Å²) in [6, 6.07) is 0. The summed E-state index contributed by atoms with van der Waals surface area (Å²) in [5.41, 5.74) is 0. The first-order valence-electron chi connectivity index (χ1n) is 4.84.